The molecule has 11 nitrogen and oxygen atoms in total. The summed E-state index contributed by atoms with van der Waals surface area (Å²) in [5.74, 6) is -2.36. The van der Waals surface area contributed by atoms with Crippen molar-refractivity contribution in [1.29, 1.82) is 0 Å². The normalized spacial score (nSPS) is 13.4. The highest BCUT2D eigenvalue weighted by molar-refractivity contribution is 7.47. The number of carbonyl (C=O) groups excluding carboxylic acids is 3. The van der Waals surface area contributed by atoms with E-state index in [1.54, 1.807) is 6.92 Å². The average Bonchev–Trinajstić information content (AvgIpc) is 3.02. The number of allylic oxidation sites excluding steroid dienone is 1. The molecule has 268 valence electrons. The lowest BCUT2D eigenvalue weighted by atomic mass is 10.0. The number of hydrogen-bond acceptors (Lipinski definition) is 9. The number of hydrogen-bond donors (Lipinski definition) is 2. The number of rotatable bonds is 33. The predicted molar refractivity (Wildman–Crippen MR) is 177 cm³/mol. The maximum Gasteiger partial charge on any atom is 0.472 e. The van der Waals surface area contributed by atoms with Crippen LogP contribution in [0, 0.1) is 0 Å². The molecule has 0 aliphatic rings. The van der Waals surface area contributed by atoms with Gasteiger partial charge in [0.05, 0.1) is 13.2 Å². The molecular formula is C34H61O11P. The molecule has 0 saturated carbocycles. The predicted octanol–water partition coefficient (Wildman–Crippen LogP) is 8.41. The molecule has 46 heavy (non-hydrogen) atoms. The van der Waals surface area contributed by atoms with Gasteiger partial charge >= 0.3 is 25.7 Å². The number of carboxylic acid groups (broad SMARTS) is 1. The van der Waals surface area contributed by atoms with Gasteiger partial charge in [0, 0.05) is 25.3 Å². The van der Waals surface area contributed by atoms with E-state index in [1.165, 1.54) is 57.8 Å². The van der Waals surface area contributed by atoms with Gasteiger partial charge in [-0.05, 0) is 31.8 Å². The Kier molecular flexibility index (Phi) is 28.9. The highest BCUT2D eigenvalue weighted by atomic mass is 31.2. The van der Waals surface area contributed by atoms with Crippen molar-refractivity contribution < 1.29 is 52.3 Å². The van der Waals surface area contributed by atoms with Gasteiger partial charge in [-0.2, -0.15) is 0 Å². The molecule has 0 aromatic rings. The summed E-state index contributed by atoms with van der Waals surface area (Å²) in [6.07, 6.45) is 21.0. The van der Waals surface area contributed by atoms with Gasteiger partial charge in [0.2, 0.25) is 0 Å². The molecule has 12 heteroatoms. The Bertz CT molecular complexity index is 890. The lowest BCUT2D eigenvalue weighted by molar-refractivity contribution is -0.161. The van der Waals surface area contributed by atoms with Crippen LogP contribution >= 0.6 is 7.82 Å². The first-order valence-corrected chi connectivity index (χ1v) is 19.0. The Labute approximate surface area is 276 Å². The molecule has 0 heterocycles. The Balaban J connectivity index is 4.31. The third kappa shape index (κ3) is 30.6. The fourth-order valence-electron chi connectivity index (χ4n) is 4.67. The van der Waals surface area contributed by atoms with Crippen LogP contribution in [0.15, 0.2) is 12.2 Å². The molecular weight excluding hydrogens is 615 g/mol. The molecule has 2 atom stereocenters. The summed E-state index contributed by atoms with van der Waals surface area (Å²) in [6, 6.07) is 0. The Hall–Kier alpha value is -2.07. The quantitative estimate of drug-likeness (QED) is 0.0297. The summed E-state index contributed by atoms with van der Waals surface area (Å²) < 4.78 is 32.6. The first-order chi connectivity index (χ1) is 22.1. The summed E-state index contributed by atoms with van der Waals surface area (Å²) >= 11 is 0. The Morgan fingerprint density at radius 3 is 1.59 bits per heavy atom. The minimum atomic E-state index is -4.34. The number of unbranched alkanes of at least 4 members (excludes halogenated alkanes) is 16. The Morgan fingerprint density at radius 1 is 0.609 bits per heavy atom. The molecule has 1 unspecified atom stereocenters. The van der Waals surface area contributed by atoms with Crippen LogP contribution in [-0.2, 0) is 42.3 Å². The molecule has 0 fully saturated rings. The van der Waals surface area contributed by atoms with Crippen LogP contribution in [0.5, 0.6) is 0 Å². The lowest BCUT2D eigenvalue weighted by Crippen LogP contribution is -2.29. The molecule has 0 saturated heterocycles. The Morgan fingerprint density at radius 2 is 1.09 bits per heavy atom. The lowest BCUT2D eigenvalue weighted by Gasteiger charge is -2.20. The maximum atomic E-state index is 12.4. The number of aliphatic carboxylic acids is 1. The van der Waals surface area contributed by atoms with Gasteiger partial charge in [0.1, 0.15) is 6.61 Å². The molecule has 0 spiro atoms. The van der Waals surface area contributed by atoms with Gasteiger partial charge in [-0.25, -0.2) is 9.36 Å². The number of phosphoric ester groups is 1. The van der Waals surface area contributed by atoms with E-state index in [1.807, 2.05) is 0 Å². The number of ketones is 1. The zero-order valence-corrected chi connectivity index (χ0v) is 29.3. The molecule has 0 radical (unpaired) electrons. The van der Waals surface area contributed by atoms with Gasteiger partial charge in [-0.1, -0.05) is 110 Å². The van der Waals surface area contributed by atoms with E-state index in [-0.39, 0.29) is 38.3 Å². The van der Waals surface area contributed by atoms with Crippen LogP contribution in [0.3, 0.4) is 0 Å². The minimum Gasteiger partial charge on any atom is -0.478 e. The fraction of sp³-hybridized carbons (Fsp3) is 0.824. The van der Waals surface area contributed by atoms with Gasteiger partial charge in [0.15, 0.2) is 11.9 Å². The monoisotopic (exact) mass is 676 g/mol. The van der Waals surface area contributed by atoms with E-state index in [4.69, 9.17) is 23.6 Å². The minimum absolute atomic E-state index is 0.0273. The van der Waals surface area contributed by atoms with E-state index in [9.17, 15) is 28.6 Å². The number of esters is 2. The third-order valence-corrected chi connectivity index (χ3v) is 8.30. The first kappa shape index (κ1) is 43.9. The van der Waals surface area contributed by atoms with E-state index < -0.39 is 38.4 Å². The van der Waals surface area contributed by atoms with E-state index in [0.29, 0.717) is 25.7 Å². The average molecular weight is 677 g/mol. The summed E-state index contributed by atoms with van der Waals surface area (Å²) in [5, 5.41) is 8.54. The highest BCUT2D eigenvalue weighted by Gasteiger charge is 2.25. The van der Waals surface area contributed by atoms with Gasteiger partial charge in [0.25, 0.3) is 0 Å². The smallest absolute Gasteiger partial charge is 0.472 e. The molecule has 0 rings (SSSR count). The number of phosphoric acid groups is 1. The summed E-state index contributed by atoms with van der Waals surface area (Å²) in [5.41, 5.74) is 0. The van der Waals surface area contributed by atoms with Crippen molar-refractivity contribution in [3.05, 3.63) is 12.2 Å². The topological polar surface area (TPSA) is 163 Å². The summed E-state index contributed by atoms with van der Waals surface area (Å²) in [4.78, 5) is 56.6. The standard InChI is InChI=1S/C34H61O11P/c1-3-5-6-7-8-9-10-11-12-13-14-17-20-23-33(38)42-28-31(29-44-46(40,41)43-27-4-2)45-34(39)24-21-18-15-16-19-22-30(35)25-26-32(36)37/h25-26,31H,3-24,27-29H2,1-2H3,(H,36,37)(H,40,41)/b26-25+/t31-/m1/s1. The molecule has 0 aromatic carbocycles. The molecule has 0 aromatic heterocycles. The number of ether oxygens (including phenoxy) is 2. The SMILES string of the molecule is CCCCCCCCCCCCCCCC(=O)OC[C@H](COP(=O)(O)OCCC)OC(=O)CCCCCCCC(=O)/C=C/C(=O)O. The van der Waals surface area contributed by atoms with Crippen LogP contribution in [-0.4, -0.2) is 59.6 Å². The van der Waals surface area contributed by atoms with Crippen LogP contribution in [0.2, 0.25) is 0 Å². The van der Waals surface area contributed by atoms with Crippen LogP contribution in [0.25, 0.3) is 0 Å². The zero-order valence-electron chi connectivity index (χ0n) is 28.4. The number of carboxylic acids is 1. The highest BCUT2D eigenvalue weighted by Crippen LogP contribution is 2.43. The van der Waals surface area contributed by atoms with E-state index in [2.05, 4.69) is 6.92 Å². The molecule has 0 amide bonds. The van der Waals surface area contributed by atoms with Gasteiger partial charge in [-0.15, -0.1) is 0 Å². The number of carbonyl (C=O) groups is 4. The molecule has 2 N–H and O–H groups in total. The van der Waals surface area contributed by atoms with E-state index in [0.717, 1.165) is 50.7 Å². The second-order valence-electron chi connectivity index (χ2n) is 11.8. The molecule has 0 bridgehead atoms. The van der Waals surface area contributed by atoms with Crippen molar-refractivity contribution in [2.45, 2.75) is 161 Å². The fourth-order valence-corrected chi connectivity index (χ4v) is 5.52. The van der Waals surface area contributed by atoms with Crippen LogP contribution < -0.4 is 0 Å². The summed E-state index contributed by atoms with van der Waals surface area (Å²) in [6.45, 7) is 3.29. The van der Waals surface area contributed by atoms with Gasteiger partial charge < -0.3 is 19.5 Å². The van der Waals surface area contributed by atoms with Gasteiger partial charge in [-0.3, -0.25) is 23.4 Å². The van der Waals surface area contributed by atoms with Crippen molar-refractivity contribution in [3.63, 3.8) is 0 Å². The van der Waals surface area contributed by atoms with Crippen molar-refractivity contribution in [1.82, 2.24) is 0 Å². The second kappa shape index (κ2) is 30.3. The van der Waals surface area contributed by atoms with Crippen molar-refractivity contribution in [2.75, 3.05) is 19.8 Å². The van der Waals surface area contributed by atoms with Crippen molar-refractivity contribution >= 4 is 31.5 Å². The molecule has 0 aliphatic heterocycles. The van der Waals surface area contributed by atoms with Crippen LogP contribution in [0.4, 0.5) is 0 Å². The zero-order chi connectivity index (χ0) is 34.3. The van der Waals surface area contributed by atoms with Crippen LogP contribution in [0.1, 0.15) is 155 Å². The first-order valence-electron chi connectivity index (χ1n) is 17.5. The van der Waals surface area contributed by atoms with Crippen molar-refractivity contribution in [3.8, 4) is 0 Å². The third-order valence-electron chi connectivity index (χ3n) is 7.31. The van der Waals surface area contributed by atoms with E-state index >= 15 is 0 Å². The second-order valence-corrected chi connectivity index (χ2v) is 13.2. The molecule has 0 aliphatic carbocycles. The maximum absolute atomic E-state index is 12.4. The largest absolute Gasteiger partial charge is 0.478 e. The summed E-state index contributed by atoms with van der Waals surface area (Å²) in [7, 11) is -4.34. The van der Waals surface area contributed by atoms with Crippen molar-refractivity contribution in [2.24, 2.45) is 0 Å².